The van der Waals surface area contributed by atoms with E-state index in [0.29, 0.717) is 11.4 Å². The smallest absolute Gasteiger partial charge is 0.231 e. The second kappa shape index (κ2) is 5.64. The Kier molecular flexibility index (Phi) is 4.00. The van der Waals surface area contributed by atoms with Crippen molar-refractivity contribution in [3.05, 3.63) is 62.6 Å². The van der Waals surface area contributed by atoms with Gasteiger partial charge in [0.05, 0.1) is 11.8 Å². The van der Waals surface area contributed by atoms with E-state index in [4.69, 9.17) is 23.2 Å². The highest BCUT2D eigenvalue weighted by molar-refractivity contribution is 9.10. The molecular formula is C16H12BrCl2NO. The first kappa shape index (κ1) is 14.9. The average Bonchev–Trinajstić information content (AvgIpc) is 2.75. The molecule has 0 aliphatic carbocycles. The highest BCUT2D eigenvalue weighted by Crippen LogP contribution is 2.38. The minimum atomic E-state index is -0.346. The van der Waals surface area contributed by atoms with Crippen molar-refractivity contribution in [2.75, 3.05) is 11.9 Å². The van der Waals surface area contributed by atoms with Crippen molar-refractivity contribution in [2.24, 2.45) is 0 Å². The van der Waals surface area contributed by atoms with Gasteiger partial charge in [0.25, 0.3) is 0 Å². The number of carbonyl (C=O) groups is 1. The van der Waals surface area contributed by atoms with E-state index in [1.54, 1.807) is 11.9 Å². The van der Waals surface area contributed by atoms with Crippen LogP contribution < -0.4 is 4.90 Å². The monoisotopic (exact) mass is 383 g/mol. The predicted molar refractivity (Wildman–Crippen MR) is 90.4 cm³/mol. The van der Waals surface area contributed by atoms with Crippen LogP contribution in [0.1, 0.15) is 22.1 Å². The molecule has 0 N–H and O–H groups in total. The molecule has 3 rings (SSSR count). The molecule has 21 heavy (non-hydrogen) atoms. The molecule has 1 amide bonds. The molecule has 1 heterocycles. The van der Waals surface area contributed by atoms with Crippen LogP contribution in [0.15, 0.2) is 40.9 Å². The van der Waals surface area contributed by atoms with Crippen LogP contribution in [0, 0.1) is 0 Å². The molecule has 0 aromatic heterocycles. The van der Waals surface area contributed by atoms with Crippen LogP contribution in [0.25, 0.3) is 0 Å². The van der Waals surface area contributed by atoms with Gasteiger partial charge in [-0.2, -0.15) is 0 Å². The fraction of sp³-hybridized carbons (Fsp3) is 0.188. The summed E-state index contributed by atoms with van der Waals surface area (Å²) >= 11 is 16.3. The lowest BCUT2D eigenvalue weighted by atomic mass is 10.0. The van der Waals surface area contributed by atoms with Crippen LogP contribution >= 0.6 is 39.1 Å². The van der Waals surface area contributed by atoms with Gasteiger partial charge in [-0.05, 0) is 41.0 Å². The average molecular weight is 385 g/mol. The Balaban J connectivity index is 2.00. The van der Waals surface area contributed by atoms with Gasteiger partial charge in [0.15, 0.2) is 0 Å². The molecule has 1 unspecified atom stereocenters. The number of hydrogen-bond donors (Lipinski definition) is 0. The highest BCUT2D eigenvalue weighted by Gasteiger charge is 2.25. The van der Waals surface area contributed by atoms with Gasteiger partial charge in [-0.1, -0.05) is 39.7 Å². The molecule has 0 bridgehead atoms. The lowest BCUT2D eigenvalue weighted by Gasteiger charge is -2.15. The maximum Gasteiger partial charge on any atom is 0.231 e. The summed E-state index contributed by atoms with van der Waals surface area (Å²) in [6.07, 6.45) is 0.426. The van der Waals surface area contributed by atoms with Crippen LogP contribution in [0.4, 0.5) is 5.69 Å². The Morgan fingerprint density at radius 3 is 2.76 bits per heavy atom. The number of amides is 1. The number of halogens is 3. The molecule has 1 aliphatic rings. The molecule has 0 saturated heterocycles. The lowest BCUT2D eigenvalue weighted by molar-refractivity contribution is -0.117. The molecule has 2 nitrogen and oxygen atoms in total. The number of nitrogens with zero attached hydrogens (tertiary/aromatic N) is 1. The lowest BCUT2D eigenvalue weighted by Crippen LogP contribution is -2.20. The quantitative estimate of drug-likeness (QED) is 0.670. The third-order valence-electron chi connectivity index (χ3n) is 3.70. The maximum absolute atomic E-state index is 11.7. The minimum absolute atomic E-state index is 0.105. The van der Waals surface area contributed by atoms with E-state index in [1.165, 1.54) is 0 Å². The number of alkyl halides is 1. The van der Waals surface area contributed by atoms with Crippen molar-refractivity contribution < 1.29 is 4.79 Å². The molecule has 1 atom stereocenters. The third-order valence-corrected chi connectivity index (χ3v) is 5.03. The molecule has 0 fully saturated rings. The molecule has 2 aromatic carbocycles. The Morgan fingerprint density at radius 2 is 2.00 bits per heavy atom. The highest BCUT2D eigenvalue weighted by atomic mass is 79.9. The molecule has 108 valence electrons. The topological polar surface area (TPSA) is 20.3 Å². The fourth-order valence-corrected chi connectivity index (χ4v) is 3.51. The van der Waals surface area contributed by atoms with Crippen molar-refractivity contribution >= 4 is 50.7 Å². The van der Waals surface area contributed by atoms with E-state index in [1.807, 2.05) is 36.4 Å². The molecule has 0 saturated carbocycles. The summed E-state index contributed by atoms with van der Waals surface area (Å²) in [5.74, 6) is 0.105. The summed E-state index contributed by atoms with van der Waals surface area (Å²) < 4.78 is 0.934. The first-order valence-corrected chi connectivity index (χ1v) is 8.06. The Bertz CT molecular complexity index is 732. The molecule has 2 aromatic rings. The Hall–Kier alpha value is -1.03. The van der Waals surface area contributed by atoms with Gasteiger partial charge in [-0.3, -0.25) is 4.79 Å². The minimum Gasteiger partial charge on any atom is -0.315 e. The number of anilines is 1. The van der Waals surface area contributed by atoms with Crippen LogP contribution in [-0.2, 0) is 11.2 Å². The number of rotatable bonds is 2. The molecule has 0 radical (unpaired) electrons. The summed E-state index contributed by atoms with van der Waals surface area (Å²) in [5.41, 5.74) is 3.76. The summed E-state index contributed by atoms with van der Waals surface area (Å²) in [5, 5.41) is 0.285. The van der Waals surface area contributed by atoms with Gasteiger partial charge in [0.1, 0.15) is 0 Å². The SMILES string of the molecule is CN1C(=O)Cc2cc(C(Cl)c3cc(Br)ccc3Cl)ccc21. The Labute approximate surface area is 141 Å². The van der Waals surface area contributed by atoms with Crippen LogP contribution in [0.3, 0.4) is 0 Å². The van der Waals surface area contributed by atoms with Gasteiger partial charge in [-0.15, -0.1) is 11.6 Å². The normalized spacial score (nSPS) is 15.2. The van der Waals surface area contributed by atoms with E-state index in [-0.39, 0.29) is 11.3 Å². The van der Waals surface area contributed by atoms with Crippen molar-refractivity contribution in [1.82, 2.24) is 0 Å². The summed E-state index contributed by atoms with van der Waals surface area (Å²) in [7, 11) is 1.79. The van der Waals surface area contributed by atoms with Crippen molar-refractivity contribution in [3.63, 3.8) is 0 Å². The maximum atomic E-state index is 11.7. The summed E-state index contributed by atoms with van der Waals surface area (Å²) in [6.45, 7) is 0. The Morgan fingerprint density at radius 1 is 1.24 bits per heavy atom. The van der Waals surface area contributed by atoms with Gasteiger partial charge >= 0.3 is 0 Å². The zero-order valence-electron chi connectivity index (χ0n) is 11.2. The molecule has 1 aliphatic heterocycles. The van der Waals surface area contributed by atoms with E-state index in [2.05, 4.69) is 15.9 Å². The number of likely N-dealkylation sites (N-methyl/N-ethyl adjacent to an activating group) is 1. The fourth-order valence-electron chi connectivity index (χ4n) is 2.54. The first-order chi connectivity index (χ1) is 9.97. The number of fused-ring (bicyclic) bond motifs is 1. The third kappa shape index (κ3) is 2.70. The van der Waals surface area contributed by atoms with Gasteiger partial charge in [0, 0.05) is 22.2 Å². The predicted octanol–water partition coefficient (Wildman–Crippen LogP) is 4.95. The van der Waals surface area contributed by atoms with E-state index in [9.17, 15) is 4.79 Å². The van der Waals surface area contributed by atoms with Gasteiger partial charge in [0.2, 0.25) is 5.91 Å². The molecular weight excluding hydrogens is 373 g/mol. The second-order valence-corrected chi connectivity index (χ2v) is 6.81. The van der Waals surface area contributed by atoms with Crippen molar-refractivity contribution in [1.29, 1.82) is 0 Å². The van der Waals surface area contributed by atoms with Crippen LogP contribution in [0.5, 0.6) is 0 Å². The number of carbonyl (C=O) groups excluding carboxylic acids is 1. The first-order valence-electron chi connectivity index (χ1n) is 6.46. The van der Waals surface area contributed by atoms with Gasteiger partial charge in [-0.25, -0.2) is 0 Å². The van der Waals surface area contributed by atoms with E-state index >= 15 is 0 Å². The molecule has 0 spiro atoms. The van der Waals surface area contributed by atoms with E-state index in [0.717, 1.165) is 26.9 Å². The van der Waals surface area contributed by atoms with E-state index < -0.39 is 0 Å². The van der Waals surface area contributed by atoms with Crippen LogP contribution in [0.2, 0.25) is 5.02 Å². The standard InChI is InChI=1S/C16H12BrCl2NO/c1-20-14-5-2-9(6-10(14)7-15(20)21)16(19)12-8-11(17)3-4-13(12)18/h2-6,8,16H,7H2,1H3. The largest absolute Gasteiger partial charge is 0.315 e. The van der Waals surface area contributed by atoms with Crippen molar-refractivity contribution in [2.45, 2.75) is 11.8 Å². The van der Waals surface area contributed by atoms with Crippen molar-refractivity contribution in [3.8, 4) is 0 Å². The zero-order chi connectivity index (χ0) is 15.1. The summed E-state index contributed by atoms with van der Waals surface area (Å²) in [6, 6.07) is 11.5. The zero-order valence-corrected chi connectivity index (χ0v) is 14.3. The summed E-state index contributed by atoms with van der Waals surface area (Å²) in [4.78, 5) is 13.4. The van der Waals surface area contributed by atoms with Gasteiger partial charge < -0.3 is 4.90 Å². The second-order valence-electron chi connectivity index (χ2n) is 5.05. The number of hydrogen-bond acceptors (Lipinski definition) is 1. The number of benzene rings is 2. The molecule has 5 heteroatoms. The van der Waals surface area contributed by atoms with Crippen LogP contribution in [-0.4, -0.2) is 13.0 Å².